The molecule has 0 unspecified atom stereocenters. The van der Waals surface area contributed by atoms with Crippen LogP contribution in [0.25, 0.3) is 0 Å². The summed E-state index contributed by atoms with van der Waals surface area (Å²) in [5.41, 5.74) is 10.5. The van der Waals surface area contributed by atoms with Gasteiger partial charge in [-0.15, -0.1) is 0 Å². The Morgan fingerprint density at radius 1 is 1.16 bits per heavy atom. The van der Waals surface area contributed by atoms with Crippen molar-refractivity contribution in [2.45, 2.75) is 12.7 Å². The van der Waals surface area contributed by atoms with E-state index in [9.17, 15) is 17.6 Å². The van der Waals surface area contributed by atoms with Crippen molar-refractivity contribution < 1.29 is 17.6 Å². The third kappa shape index (κ3) is 5.31. The molecule has 138 valence electrons. The Morgan fingerprint density at radius 2 is 1.80 bits per heavy atom. The lowest BCUT2D eigenvalue weighted by Gasteiger charge is -2.32. The van der Waals surface area contributed by atoms with Crippen LogP contribution < -0.4 is 11.5 Å². The number of halogens is 4. The summed E-state index contributed by atoms with van der Waals surface area (Å²) in [5.74, 6) is -1.23. The highest BCUT2D eigenvalue weighted by Crippen LogP contribution is 2.31. The Morgan fingerprint density at radius 3 is 2.36 bits per heavy atom. The number of aliphatic imine (C=N–C) groups is 2. The van der Waals surface area contributed by atoms with Gasteiger partial charge < -0.3 is 21.3 Å². The number of guanidine groups is 2. The lowest BCUT2D eigenvalue weighted by atomic mass is 10.1. The van der Waals surface area contributed by atoms with Crippen LogP contribution in [0.15, 0.2) is 28.2 Å². The van der Waals surface area contributed by atoms with Crippen molar-refractivity contribution in [3.63, 3.8) is 0 Å². The Balaban J connectivity index is 2.01. The number of hydrogen-bond donors (Lipinski definition) is 2. The van der Waals surface area contributed by atoms with E-state index in [2.05, 4.69) is 14.9 Å². The molecular weight excluding hydrogens is 340 g/mol. The van der Waals surface area contributed by atoms with E-state index in [1.54, 1.807) is 0 Å². The lowest BCUT2D eigenvalue weighted by Crippen LogP contribution is -2.50. The van der Waals surface area contributed by atoms with Gasteiger partial charge in [0.25, 0.3) is 0 Å². The molecular formula is C15H20F4N6. The predicted octanol–water partition coefficient (Wildman–Crippen LogP) is 1.22. The molecule has 0 amide bonds. The molecule has 1 heterocycles. The Hall–Kier alpha value is -2.36. The summed E-state index contributed by atoms with van der Waals surface area (Å²) >= 11 is 0. The monoisotopic (exact) mass is 360 g/mol. The molecule has 0 bridgehead atoms. The summed E-state index contributed by atoms with van der Waals surface area (Å²) in [5, 5.41) is 0. The quantitative estimate of drug-likeness (QED) is 0.472. The molecule has 1 aromatic carbocycles. The third-order valence-corrected chi connectivity index (χ3v) is 3.82. The first-order valence-corrected chi connectivity index (χ1v) is 7.60. The first kappa shape index (κ1) is 19.0. The van der Waals surface area contributed by atoms with E-state index in [0.717, 1.165) is 25.2 Å². The lowest BCUT2D eigenvalue weighted by molar-refractivity contribution is -0.140. The molecule has 0 radical (unpaired) electrons. The molecule has 6 nitrogen and oxygen atoms in total. The second-order valence-corrected chi connectivity index (χ2v) is 5.75. The van der Waals surface area contributed by atoms with Crippen molar-refractivity contribution >= 4 is 11.9 Å². The maximum Gasteiger partial charge on any atom is 0.419 e. The largest absolute Gasteiger partial charge is 0.419 e. The number of rotatable bonds is 2. The van der Waals surface area contributed by atoms with Gasteiger partial charge in [0.15, 0.2) is 5.96 Å². The zero-order valence-corrected chi connectivity index (χ0v) is 13.7. The van der Waals surface area contributed by atoms with Gasteiger partial charge in [-0.3, -0.25) is 0 Å². The van der Waals surface area contributed by atoms with E-state index < -0.39 is 17.6 Å². The zero-order valence-electron chi connectivity index (χ0n) is 13.7. The fourth-order valence-corrected chi connectivity index (χ4v) is 2.32. The van der Waals surface area contributed by atoms with Gasteiger partial charge in [-0.25, -0.2) is 9.38 Å². The van der Waals surface area contributed by atoms with E-state index in [0.29, 0.717) is 19.2 Å². The zero-order chi connectivity index (χ0) is 18.6. The molecule has 4 N–H and O–H groups in total. The molecule has 1 saturated heterocycles. The average Bonchev–Trinajstić information content (AvgIpc) is 2.52. The van der Waals surface area contributed by atoms with Crippen LogP contribution in [-0.4, -0.2) is 54.9 Å². The molecule has 0 aliphatic carbocycles. The summed E-state index contributed by atoms with van der Waals surface area (Å²) in [6.45, 7) is 3.02. The number of alkyl halides is 3. The second kappa shape index (κ2) is 7.68. The first-order chi connectivity index (χ1) is 11.7. The average molecular weight is 360 g/mol. The van der Waals surface area contributed by atoms with Gasteiger partial charge in [0.2, 0.25) is 5.96 Å². The van der Waals surface area contributed by atoms with Crippen LogP contribution in [0.1, 0.15) is 11.1 Å². The summed E-state index contributed by atoms with van der Waals surface area (Å²) in [7, 11) is 2.00. The van der Waals surface area contributed by atoms with Crippen LogP contribution in [0.3, 0.4) is 0 Å². The number of nitrogens with two attached hydrogens (primary N) is 2. The summed E-state index contributed by atoms with van der Waals surface area (Å²) in [4.78, 5) is 11.9. The van der Waals surface area contributed by atoms with E-state index in [-0.39, 0.29) is 24.0 Å². The number of nitrogens with zero attached hydrogens (tertiary/aromatic N) is 4. The molecule has 1 aliphatic heterocycles. The minimum Gasteiger partial charge on any atom is -0.369 e. The molecule has 1 aromatic rings. The fraction of sp³-hybridized carbons (Fsp3) is 0.467. The molecule has 0 atom stereocenters. The molecule has 25 heavy (non-hydrogen) atoms. The predicted molar refractivity (Wildman–Crippen MR) is 87.4 cm³/mol. The first-order valence-electron chi connectivity index (χ1n) is 7.60. The van der Waals surface area contributed by atoms with Gasteiger partial charge in [0.1, 0.15) is 5.82 Å². The maximum atomic E-state index is 13.5. The summed E-state index contributed by atoms with van der Waals surface area (Å²) in [6.07, 6.45) is -4.73. The van der Waals surface area contributed by atoms with E-state index >= 15 is 0 Å². The van der Waals surface area contributed by atoms with Crippen molar-refractivity contribution in [3.8, 4) is 0 Å². The third-order valence-electron chi connectivity index (χ3n) is 3.82. The number of likely N-dealkylation sites (N-methyl/N-ethyl adjacent to an activating group) is 1. The normalized spacial score (nSPS) is 17.9. The molecule has 10 heteroatoms. The Labute approximate surface area is 142 Å². The highest BCUT2D eigenvalue weighted by atomic mass is 19.4. The maximum absolute atomic E-state index is 13.5. The fourth-order valence-electron chi connectivity index (χ4n) is 2.32. The summed E-state index contributed by atoms with van der Waals surface area (Å²) in [6, 6.07) is 2.61. The molecule has 0 aromatic heterocycles. The van der Waals surface area contributed by atoms with Crippen molar-refractivity contribution in [1.82, 2.24) is 9.80 Å². The van der Waals surface area contributed by atoms with Crippen molar-refractivity contribution in [1.29, 1.82) is 0 Å². The number of hydrogen-bond acceptors (Lipinski definition) is 2. The molecule has 1 fully saturated rings. The van der Waals surface area contributed by atoms with Crippen LogP contribution in [0, 0.1) is 5.82 Å². The topological polar surface area (TPSA) is 83.2 Å². The van der Waals surface area contributed by atoms with Crippen molar-refractivity contribution in [3.05, 3.63) is 35.1 Å². The molecule has 0 saturated carbocycles. The van der Waals surface area contributed by atoms with E-state index in [4.69, 9.17) is 11.5 Å². The minimum absolute atomic E-state index is 0.0968. The second-order valence-electron chi connectivity index (χ2n) is 5.75. The highest BCUT2D eigenvalue weighted by Gasteiger charge is 2.33. The highest BCUT2D eigenvalue weighted by molar-refractivity contribution is 5.93. The van der Waals surface area contributed by atoms with Crippen LogP contribution in [0.4, 0.5) is 17.6 Å². The molecule has 2 rings (SSSR count). The van der Waals surface area contributed by atoms with Gasteiger partial charge in [0.05, 0.1) is 12.1 Å². The summed E-state index contributed by atoms with van der Waals surface area (Å²) < 4.78 is 51.0. The van der Waals surface area contributed by atoms with Crippen LogP contribution in [0.5, 0.6) is 0 Å². The smallest absolute Gasteiger partial charge is 0.369 e. The molecule has 1 aliphatic rings. The van der Waals surface area contributed by atoms with Crippen LogP contribution in [0.2, 0.25) is 0 Å². The molecule has 0 spiro atoms. The Kier molecular flexibility index (Phi) is 5.83. The van der Waals surface area contributed by atoms with Gasteiger partial charge in [-0.1, -0.05) is 6.07 Å². The standard InChI is InChI=1S/C15H20F4N6/c1-24-4-6-25(7-5-24)14(21)23-13(20)22-9-10-2-3-11(12(16)8-10)15(17,18)19/h2-3,8H,4-7,9H2,1H3,(H4,20,21,22,23). The van der Waals surface area contributed by atoms with Gasteiger partial charge in [-0.05, 0) is 24.7 Å². The Bertz CT molecular complexity index is 662. The van der Waals surface area contributed by atoms with Crippen LogP contribution in [-0.2, 0) is 12.7 Å². The van der Waals surface area contributed by atoms with Crippen LogP contribution >= 0.6 is 0 Å². The number of piperazine rings is 1. The van der Waals surface area contributed by atoms with E-state index in [1.807, 2.05) is 11.9 Å². The number of benzene rings is 1. The minimum atomic E-state index is -4.73. The van der Waals surface area contributed by atoms with E-state index in [1.165, 1.54) is 0 Å². The van der Waals surface area contributed by atoms with Crippen molar-refractivity contribution in [2.24, 2.45) is 21.5 Å². The van der Waals surface area contributed by atoms with Gasteiger partial charge >= 0.3 is 6.18 Å². The van der Waals surface area contributed by atoms with Gasteiger partial charge in [0, 0.05) is 26.2 Å². The van der Waals surface area contributed by atoms with Crippen molar-refractivity contribution in [2.75, 3.05) is 33.2 Å². The SMILES string of the molecule is CN1CCN(C(N)=NC(N)=NCc2ccc(C(F)(F)F)c(F)c2)CC1. The van der Waals surface area contributed by atoms with Gasteiger partial charge in [-0.2, -0.15) is 18.2 Å².